The van der Waals surface area contributed by atoms with Gasteiger partial charge >= 0.3 is 5.97 Å². The third-order valence-corrected chi connectivity index (χ3v) is 3.13. The van der Waals surface area contributed by atoms with Crippen molar-refractivity contribution in [3.05, 3.63) is 0 Å². The summed E-state index contributed by atoms with van der Waals surface area (Å²) in [4.78, 5) is 24.7. The van der Waals surface area contributed by atoms with E-state index in [0.29, 0.717) is 6.54 Å². The predicted octanol–water partition coefficient (Wildman–Crippen LogP) is 1.50. The van der Waals surface area contributed by atoms with Gasteiger partial charge in [0, 0.05) is 12.6 Å². The zero-order chi connectivity index (χ0) is 11.6. The predicted molar refractivity (Wildman–Crippen MR) is 56.4 cm³/mol. The van der Waals surface area contributed by atoms with Crippen LogP contribution in [0.25, 0.3) is 0 Å². The van der Waals surface area contributed by atoms with Crippen LogP contribution in [-0.4, -0.2) is 34.5 Å². The molecule has 0 saturated carbocycles. The van der Waals surface area contributed by atoms with Crippen molar-refractivity contribution in [2.45, 2.75) is 46.1 Å². The number of carboxylic acid groups (broad SMARTS) is 1. The summed E-state index contributed by atoms with van der Waals surface area (Å²) in [6.45, 7) is 5.61. The molecule has 1 atom stereocenters. The summed E-state index contributed by atoms with van der Waals surface area (Å²) >= 11 is 0. The van der Waals surface area contributed by atoms with E-state index in [1.165, 1.54) is 13.8 Å². The van der Waals surface area contributed by atoms with Gasteiger partial charge in [0.05, 0.1) is 0 Å². The average Bonchev–Trinajstić information content (AvgIpc) is 2.17. The first kappa shape index (κ1) is 12.0. The minimum atomic E-state index is -1.30. The molecule has 0 aliphatic carbocycles. The normalized spacial score (nSPS) is 22.6. The monoisotopic (exact) mass is 213 g/mol. The Morgan fingerprint density at radius 3 is 2.40 bits per heavy atom. The summed E-state index contributed by atoms with van der Waals surface area (Å²) in [5.41, 5.74) is -1.30. The van der Waals surface area contributed by atoms with Gasteiger partial charge in [0.2, 0.25) is 5.91 Å². The lowest BCUT2D eigenvalue weighted by Gasteiger charge is -2.37. The van der Waals surface area contributed by atoms with Crippen LogP contribution in [0.5, 0.6) is 0 Å². The minimum absolute atomic E-state index is 0.171. The molecule has 1 heterocycles. The van der Waals surface area contributed by atoms with Crippen molar-refractivity contribution in [3.63, 3.8) is 0 Å². The molecule has 0 aromatic rings. The number of likely N-dealkylation sites (tertiary alicyclic amines) is 1. The number of hydrogen-bond donors (Lipinski definition) is 1. The number of carbonyl (C=O) groups is 2. The Bertz CT molecular complexity index is 273. The summed E-state index contributed by atoms with van der Waals surface area (Å²) < 4.78 is 0. The van der Waals surface area contributed by atoms with Gasteiger partial charge in [-0.25, -0.2) is 0 Å². The highest BCUT2D eigenvalue weighted by Gasteiger charge is 2.41. The largest absolute Gasteiger partial charge is 0.480 e. The van der Waals surface area contributed by atoms with Crippen LogP contribution in [0.4, 0.5) is 0 Å². The van der Waals surface area contributed by atoms with E-state index in [0.717, 1.165) is 19.3 Å². The molecular weight excluding hydrogens is 194 g/mol. The maximum atomic E-state index is 12.0. The molecule has 0 aromatic heterocycles. The Hall–Kier alpha value is -1.06. The molecule has 1 unspecified atom stereocenters. The molecule has 1 fully saturated rings. The van der Waals surface area contributed by atoms with Crippen molar-refractivity contribution < 1.29 is 14.7 Å². The summed E-state index contributed by atoms with van der Waals surface area (Å²) in [6, 6.07) is 0.171. The van der Waals surface area contributed by atoms with Crippen molar-refractivity contribution in [1.82, 2.24) is 4.90 Å². The number of piperidine rings is 1. The molecule has 1 amide bonds. The fourth-order valence-electron chi connectivity index (χ4n) is 1.85. The summed E-state index contributed by atoms with van der Waals surface area (Å²) in [5.74, 6) is -1.31. The second-order valence-electron chi connectivity index (χ2n) is 4.77. The topological polar surface area (TPSA) is 57.6 Å². The first-order valence-electron chi connectivity index (χ1n) is 5.42. The molecule has 4 nitrogen and oxygen atoms in total. The van der Waals surface area contributed by atoms with E-state index in [1.54, 1.807) is 4.90 Å². The first-order valence-corrected chi connectivity index (χ1v) is 5.42. The van der Waals surface area contributed by atoms with Gasteiger partial charge in [0.15, 0.2) is 0 Å². The van der Waals surface area contributed by atoms with Crippen molar-refractivity contribution >= 4 is 11.9 Å². The molecule has 86 valence electrons. The minimum Gasteiger partial charge on any atom is -0.480 e. The fraction of sp³-hybridized carbons (Fsp3) is 0.818. The number of carbonyl (C=O) groups excluding carboxylic acids is 1. The van der Waals surface area contributed by atoms with E-state index < -0.39 is 11.4 Å². The molecule has 1 saturated heterocycles. The fourth-order valence-corrected chi connectivity index (χ4v) is 1.85. The molecule has 1 aliphatic rings. The Kier molecular flexibility index (Phi) is 3.37. The highest BCUT2D eigenvalue weighted by atomic mass is 16.4. The van der Waals surface area contributed by atoms with Crippen molar-refractivity contribution in [2.75, 3.05) is 6.54 Å². The summed E-state index contributed by atoms with van der Waals surface area (Å²) in [7, 11) is 0. The van der Waals surface area contributed by atoms with Crippen molar-refractivity contribution in [1.29, 1.82) is 0 Å². The van der Waals surface area contributed by atoms with E-state index >= 15 is 0 Å². The van der Waals surface area contributed by atoms with Gasteiger partial charge in [0.25, 0.3) is 0 Å². The number of amides is 1. The highest BCUT2D eigenvalue weighted by Crippen LogP contribution is 2.25. The lowest BCUT2D eigenvalue weighted by Crippen LogP contribution is -2.50. The van der Waals surface area contributed by atoms with Crippen LogP contribution < -0.4 is 0 Å². The zero-order valence-corrected chi connectivity index (χ0v) is 9.62. The Balaban J connectivity index is 2.78. The van der Waals surface area contributed by atoms with E-state index in [1.807, 2.05) is 6.92 Å². The summed E-state index contributed by atoms with van der Waals surface area (Å²) in [5, 5.41) is 8.98. The smallest absolute Gasteiger partial charge is 0.318 e. The third kappa shape index (κ3) is 2.30. The molecule has 0 radical (unpaired) electrons. The highest BCUT2D eigenvalue weighted by molar-refractivity contribution is 6.01. The second-order valence-corrected chi connectivity index (χ2v) is 4.77. The van der Waals surface area contributed by atoms with Gasteiger partial charge < -0.3 is 10.0 Å². The van der Waals surface area contributed by atoms with Gasteiger partial charge in [-0.15, -0.1) is 0 Å². The molecule has 0 spiro atoms. The maximum Gasteiger partial charge on any atom is 0.318 e. The standard InChI is InChI=1S/C11H19NO3/c1-8-6-4-5-7-12(8)9(13)11(2,3)10(14)15/h8H,4-7H2,1-3H3,(H,14,15). The molecule has 1 N–H and O–H groups in total. The van der Waals surface area contributed by atoms with Gasteiger partial charge in [0.1, 0.15) is 5.41 Å². The van der Waals surface area contributed by atoms with Gasteiger partial charge in [-0.3, -0.25) is 9.59 Å². The van der Waals surface area contributed by atoms with E-state index in [9.17, 15) is 9.59 Å². The quantitative estimate of drug-likeness (QED) is 0.707. The van der Waals surface area contributed by atoms with E-state index in [-0.39, 0.29) is 11.9 Å². The van der Waals surface area contributed by atoms with Gasteiger partial charge in [-0.1, -0.05) is 0 Å². The molecule has 0 bridgehead atoms. The van der Waals surface area contributed by atoms with Crippen LogP contribution >= 0.6 is 0 Å². The molecular formula is C11H19NO3. The molecule has 1 rings (SSSR count). The molecule has 1 aliphatic heterocycles. The van der Waals surface area contributed by atoms with Gasteiger partial charge in [-0.05, 0) is 40.0 Å². The number of carboxylic acids is 1. The van der Waals surface area contributed by atoms with Crippen LogP contribution in [0.3, 0.4) is 0 Å². The lowest BCUT2D eigenvalue weighted by molar-refractivity contribution is -0.159. The van der Waals surface area contributed by atoms with E-state index in [2.05, 4.69) is 0 Å². The first-order chi connectivity index (χ1) is 6.87. The Morgan fingerprint density at radius 1 is 1.33 bits per heavy atom. The van der Waals surface area contributed by atoms with Crippen LogP contribution in [0.2, 0.25) is 0 Å². The number of rotatable bonds is 2. The van der Waals surface area contributed by atoms with Crippen LogP contribution in [0.1, 0.15) is 40.0 Å². The SMILES string of the molecule is CC1CCCCN1C(=O)C(C)(C)C(=O)O. The zero-order valence-electron chi connectivity index (χ0n) is 9.62. The average molecular weight is 213 g/mol. The number of hydrogen-bond acceptors (Lipinski definition) is 2. The Labute approximate surface area is 90.3 Å². The molecule has 15 heavy (non-hydrogen) atoms. The van der Waals surface area contributed by atoms with Gasteiger partial charge in [-0.2, -0.15) is 0 Å². The Morgan fingerprint density at radius 2 is 1.93 bits per heavy atom. The second kappa shape index (κ2) is 4.21. The van der Waals surface area contributed by atoms with E-state index in [4.69, 9.17) is 5.11 Å². The van der Waals surface area contributed by atoms with Crippen molar-refractivity contribution in [2.24, 2.45) is 5.41 Å². The maximum absolute atomic E-state index is 12.0. The van der Waals surface area contributed by atoms with Crippen LogP contribution in [-0.2, 0) is 9.59 Å². The molecule has 0 aromatic carbocycles. The number of nitrogens with zero attached hydrogens (tertiary/aromatic N) is 1. The van der Waals surface area contributed by atoms with Crippen LogP contribution in [0, 0.1) is 5.41 Å². The van der Waals surface area contributed by atoms with Crippen LogP contribution in [0.15, 0.2) is 0 Å². The van der Waals surface area contributed by atoms with Crippen molar-refractivity contribution in [3.8, 4) is 0 Å². The number of aliphatic carboxylic acids is 1. The molecule has 4 heteroatoms. The lowest BCUT2D eigenvalue weighted by atomic mass is 9.89. The third-order valence-electron chi connectivity index (χ3n) is 3.13. The summed E-state index contributed by atoms with van der Waals surface area (Å²) in [6.07, 6.45) is 3.08.